The van der Waals surface area contributed by atoms with Crippen LogP contribution in [0.25, 0.3) is 120 Å². The molecule has 0 unspecified atom stereocenters. The number of fused-ring (bicyclic) bond motifs is 13. The fourth-order valence-corrected chi connectivity index (χ4v) is 10.9. The molecular weight excluding hydrogens is 761 g/mol. The number of aromatic nitrogens is 4. The average Bonchev–Trinajstić information content (AvgIpc) is 3.99. The maximum absolute atomic E-state index is 5.41. The number of hydrogen-bond donors (Lipinski definition) is 0. The first-order valence-electron chi connectivity index (χ1n) is 20.7. The second kappa shape index (κ2) is 13.3. The van der Waals surface area contributed by atoms with Gasteiger partial charge in [-0.15, -0.1) is 11.3 Å². The van der Waals surface area contributed by atoms with Crippen LogP contribution in [0.15, 0.2) is 206 Å². The molecule has 4 heterocycles. The zero-order chi connectivity index (χ0) is 40.0. The summed E-state index contributed by atoms with van der Waals surface area (Å²) >= 11 is 1.88. The average molecular weight is 795 g/mol. The van der Waals surface area contributed by atoms with Crippen LogP contribution in [0.1, 0.15) is 0 Å². The van der Waals surface area contributed by atoms with Gasteiger partial charge >= 0.3 is 0 Å². The van der Waals surface area contributed by atoms with Crippen LogP contribution >= 0.6 is 11.3 Å². The molecule has 4 nitrogen and oxygen atoms in total. The van der Waals surface area contributed by atoms with E-state index < -0.39 is 0 Å². The Labute approximate surface area is 354 Å². The van der Waals surface area contributed by atoms with Crippen molar-refractivity contribution in [1.29, 1.82) is 0 Å². The molecule has 0 atom stereocenters. The molecule has 0 aliphatic carbocycles. The molecule has 0 N–H and O–H groups in total. The number of nitrogens with zero attached hydrogens (tertiary/aromatic N) is 4. The van der Waals surface area contributed by atoms with E-state index in [1.54, 1.807) is 0 Å². The molecular formula is C56H34N4S. The highest BCUT2D eigenvalue weighted by molar-refractivity contribution is 7.27. The van der Waals surface area contributed by atoms with Crippen LogP contribution in [0.4, 0.5) is 0 Å². The van der Waals surface area contributed by atoms with Gasteiger partial charge in [-0.25, -0.2) is 9.97 Å². The zero-order valence-corrected chi connectivity index (χ0v) is 33.6. The summed E-state index contributed by atoms with van der Waals surface area (Å²) in [7, 11) is 0. The van der Waals surface area contributed by atoms with Crippen LogP contribution in [0.2, 0.25) is 0 Å². The van der Waals surface area contributed by atoms with Crippen LogP contribution in [0, 0.1) is 0 Å². The minimum absolute atomic E-state index is 0.697. The third-order valence-corrected chi connectivity index (χ3v) is 13.5. The van der Waals surface area contributed by atoms with Crippen LogP contribution in [-0.2, 0) is 0 Å². The Bertz CT molecular complexity index is 3790. The molecule has 13 aromatic rings. The van der Waals surface area contributed by atoms with Crippen molar-refractivity contribution in [3.8, 4) is 45.3 Å². The third kappa shape index (κ3) is 5.18. The fraction of sp³-hybridized carbons (Fsp3) is 0. The number of para-hydroxylation sites is 2. The second-order valence-corrected chi connectivity index (χ2v) is 16.8. The first kappa shape index (κ1) is 34.0. The van der Waals surface area contributed by atoms with E-state index in [0.29, 0.717) is 5.82 Å². The monoisotopic (exact) mass is 794 g/mol. The Kier molecular flexibility index (Phi) is 7.44. The molecule has 0 amide bonds. The maximum atomic E-state index is 5.41. The molecule has 0 saturated carbocycles. The smallest absolute Gasteiger partial charge is 0.162 e. The van der Waals surface area contributed by atoms with Gasteiger partial charge in [0.05, 0.1) is 32.5 Å². The van der Waals surface area contributed by atoms with Gasteiger partial charge in [0.25, 0.3) is 0 Å². The van der Waals surface area contributed by atoms with E-state index in [2.05, 4.69) is 209 Å². The molecule has 0 radical (unpaired) electrons. The molecule has 0 saturated heterocycles. The highest BCUT2D eigenvalue weighted by Crippen LogP contribution is 2.49. The van der Waals surface area contributed by atoms with E-state index >= 15 is 0 Å². The number of benzene rings is 9. The topological polar surface area (TPSA) is 35.6 Å². The largest absolute Gasteiger partial charge is 0.309 e. The Hall–Kier alpha value is -7.86. The second-order valence-electron chi connectivity index (χ2n) is 15.7. The molecule has 0 fully saturated rings. The lowest BCUT2D eigenvalue weighted by molar-refractivity contribution is 1.05. The highest BCUT2D eigenvalue weighted by atomic mass is 32.1. The number of thiophene rings is 1. The van der Waals surface area contributed by atoms with Gasteiger partial charge in [0, 0.05) is 59.9 Å². The molecule has 284 valence electrons. The molecule has 0 aliphatic rings. The standard InChI is InChI=1S/C56H34N4S/c1-4-16-35(17-5-1)36-28-30-39(31-29-36)59-47-26-14-12-22-40(47)44-32-45-50(34-49(44)59)61-55-53(45)42-24-11-10-23-41(42)52-43-25-13-15-27-48(43)60(54(52)55)51-33-46(37-18-6-2-7-19-37)57-56(58-51)38-20-8-3-9-21-38/h1-34H. The third-order valence-electron chi connectivity index (χ3n) is 12.3. The lowest BCUT2D eigenvalue weighted by atomic mass is 9.98. The van der Waals surface area contributed by atoms with E-state index in [0.717, 1.165) is 33.8 Å². The number of hydrogen-bond acceptors (Lipinski definition) is 3. The van der Waals surface area contributed by atoms with Crippen molar-refractivity contribution >= 4 is 85.9 Å². The summed E-state index contributed by atoms with van der Waals surface area (Å²) in [5.74, 6) is 1.54. The zero-order valence-electron chi connectivity index (χ0n) is 32.8. The van der Waals surface area contributed by atoms with Gasteiger partial charge < -0.3 is 4.57 Å². The van der Waals surface area contributed by atoms with Gasteiger partial charge in [-0.1, -0.05) is 164 Å². The van der Waals surface area contributed by atoms with E-state index in [4.69, 9.17) is 9.97 Å². The van der Waals surface area contributed by atoms with Crippen LogP contribution in [0.5, 0.6) is 0 Å². The maximum Gasteiger partial charge on any atom is 0.162 e. The predicted molar refractivity (Wildman–Crippen MR) is 257 cm³/mol. The summed E-state index contributed by atoms with van der Waals surface area (Å²) in [6, 6.07) is 74.0. The van der Waals surface area contributed by atoms with Crippen LogP contribution < -0.4 is 0 Å². The van der Waals surface area contributed by atoms with Crippen molar-refractivity contribution in [2.45, 2.75) is 0 Å². The predicted octanol–water partition coefficient (Wildman–Crippen LogP) is 15.2. The first-order chi connectivity index (χ1) is 30.3. The van der Waals surface area contributed by atoms with E-state index in [1.807, 2.05) is 17.4 Å². The van der Waals surface area contributed by atoms with Gasteiger partial charge in [-0.3, -0.25) is 4.57 Å². The normalized spacial score (nSPS) is 11.9. The molecule has 9 aromatic carbocycles. The van der Waals surface area contributed by atoms with Gasteiger partial charge in [0.15, 0.2) is 5.82 Å². The van der Waals surface area contributed by atoms with Gasteiger partial charge in [-0.05, 0) is 58.3 Å². The van der Waals surface area contributed by atoms with Gasteiger partial charge in [0.2, 0.25) is 0 Å². The summed E-state index contributed by atoms with van der Waals surface area (Å²) in [6.45, 7) is 0. The summed E-state index contributed by atoms with van der Waals surface area (Å²) in [5, 5.41) is 9.97. The molecule has 0 spiro atoms. The van der Waals surface area contributed by atoms with Crippen molar-refractivity contribution in [3.05, 3.63) is 206 Å². The summed E-state index contributed by atoms with van der Waals surface area (Å²) in [6.07, 6.45) is 0. The van der Waals surface area contributed by atoms with Crippen molar-refractivity contribution in [2.24, 2.45) is 0 Å². The van der Waals surface area contributed by atoms with Crippen LogP contribution in [-0.4, -0.2) is 19.1 Å². The molecule has 5 heteroatoms. The van der Waals surface area contributed by atoms with Gasteiger partial charge in [-0.2, -0.15) is 0 Å². The Morgan fingerprint density at radius 1 is 0.361 bits per heavy atom. The lowest BCUT2D eigenvalue weighted by Crippen LogP contribution is -2.02. The summed E-state index contributed by atoms with van der Waals surface area (Å²) < 4.78 is 7.33. The number of rotatable bonds is 5. The SMILES string of the molecule is c1ccc(-c2ccc(-n3c4ccccc4c4cc5c(cc43)sc3c5c4ccccc4c4c5ccccc5n(-c5cc(-c6ccccc6)nc(-c6ccccc6)n5)c34)cc2)cc1. The Balaban J connectivity index is 1.14. The summed E-state index contributed by atoms with van der Waals surface area (Å²) in [5.41, 5.74) is 11.2. The van der Waals surface area contributed by atoms with Crippen molar-refractivity contribution in [1.82, 2.24) is 19.1 Å². The van der Waals surface area contributed by atoms with Crippen LogP contribution in [0.3, 0.4) is 0 Å². The van der Waals surface area contributed by atoms with E-state index in [9.17, 15) is 0 Å². The molecule has 4 aromatic heterocycles. The van der Waals surface area contributed by atoms with Gasteiger partial charge in [0.1, 0.15) is 5.82 Å². The quantitative estimate of drug-likeness (QED) is 0.174. The first-order valence-corrected chi connectivity index (χ1v) is 21.5. The van der Waals surface area contributed by atoms with E-state index in [1.165, 1.54) is 80.2 Å². The van der Waals surface area contributed by atoms with E-state index in [-0.39, 0.29) is 0 Å². The Morgan fingerprint density at radius 2 is 0.918 bits per heavy atom. The van der Waals surface area contributed by atoms with Crippen molar-refractivity contribution in [2.75, 3.05) is 0 Å². The molecule has 13 rings (SSSR count). The fourth-order valence-electron chi connectivity index (χ4n) is 9.61. The minimum Gasteiger partial charge on any atom is -0.309 e. The summed E-state index contributed by atoms with van der Waals surface area (Å²) in [4.78, 5) is 10.6. The Morgan fingerprint density at radius 3 is 1.62 bits per heavy atom. The highest BCUT2D eigenvalue weighted by Gasteiger charge is 2.24. The molecule has 0 bridgehead atoms. The minimum atomic E-state index is 0.697. The van der Waals surface area contributed by atoms with Crippen molar-refractivity contribution in [3.63, 3.8) is 0 Å². The van der Waals surface area contributed by atoms with Crippen molar-refractivity contribution < 1.29 is 0 Å². The molecule has 0 aliphatic heterocycles. The molecule has 61 heavy (non-hydrogen) atoms. The lowest BCUT2D eigenvalue weighted by Gasteiger charge is -2.13.